The van der Waals surface area contributed by atoms with Gasteiger partial charge in [-0.2, -0.15) is 0 Å². The van der Waals surface area contributed by atoms with E-state index in [2.05, 4.69) is 29.4 Å². The normalized spacial score (nSPS) is 19.1. The molecule has 1 fully saturated rings. The minimum absolute atomic E-state index is 0.339. The molecule has 1 aromatic carbocycles. The second-order valence-electron chi connectivity index (χ2n) is 5.78. The minimum atomic E-state index is 0.339. The van der Waals surface area contributed by atoms with E-state index in [0.717, 1.165) is 24.6 Å². The van der Waals surface area contributed by atoms with Crippen LogP contribution in [0.15, 0.2) is 18.2 Å². The van der Waals surface area contributed by atoms with E-state index in [1.165, 1.54) is 24.9 Å². The maximum atomic E-state index is 5.45. The smallest absolute Gasteiger partial charge is 0.231 e. The van der Waals surface area contributed by atoms with Gasteiger partial charge < -0.3 is 19.7 Å². The molecule has 0 saturated heterocycles. The Morgan fingerprint density at radius 2 is 2.05 bits per heavy atom. The van der Waals surface area contributed by atoms with Crippen LogP contribution in [-0.2, 0) is 0 Å². The van der Waals surface area contributed by atoms with Crippen molar-refractivity contribution in [2.75, 3.05) is 38.9 Å². The van der Waals surface area contributed by atoms with Crippen molar-refractivity contribution < 1.29 is 9.47 Å². The topological polar surface area (TPSA) is 33.7 Å². The van der Waals surface area contributed by atoms with E-state index in [0.29, 0.717) is 12.2 Å². The number of ether oxygens (including phenoxy) is 2. The summed E-state index contributed by atoms with van der Waals surface area (Å²) in [4.78, 5) is 2.33. The van der Waals surface area contributed by atoms with Gasteiger partial charge in [0.05, 0.1) is 0 Å². The van der Waals surface area contributed by atoms with Gasteiger partial charge in [-0.1, -0.05) is 6.42 Å². The Morgan fingerprint density at radius 1 is 1.26 bits per heavy atom. The molecule has 19 heavy (non-hydrogen) atoms. The Kier molecular flexibility index (Phi) is 3.27. The van der Waals surface area contributed by atoms with Gasteiger partial charge in [0, 0.05) is 37.3 Å². The highest BCUT2D eigenvalue weighted by molar-refractivity contribution is 5.57. The number of fused-ring (bicyclic) bond motifs is 1. The van der Waals surface area contributed by atoms with Gasteiger partial charge in [-0.15, -0.1) is 0 Å². The highest BCUT2D eigenvalue weighted by atomic mass is 16.7. The Bertz CT molecular complexity index is 457. The van der Waals surface area contributed by atoms with E-state index >= 15 is 0 Å². The van der Waals surface area contributed by atoms with Crippen LogP contribution in [0.5, 0.6) is 11.5 Å². The first-order valence-corrected chi connectivity index (χ1v) is 6.98. The largest absolute Gasteiger partial charge is 0.454 e. The van der Waals surface area contributed by atoms with Gasteiger partial charge in [-0.05, 0) is 32.0 Å². The molecule has 1 saturated carbocycles. The third kappa shape index (κ3) is 2.37. The molecule has 1 N–H and O–H groups in total. The highest BCUT2D eigenvalue weighted by Gasteiger charge is 2.37. The second-order valence-corrected chi connectivity index (χ2v) is 5.78. The first kappa shape index (κ1) is 12.6. The summed E-state index contributed by atoms with van der Waals surface area (Å²) in [5, 5.41) is 3.34. The van der Waals surface area contributed by atoms with Gasteiger partial charge in [0.15, 0.2) is 11.5 Å². The Balaban J connectivity index is 1.71. The number of nitrogens with one attached hydrogen (secondary N) is 1. The summed E-state index contributed by atoms with van der Waals surface area (Å²) < 4.78 is 10.8. The summed E-state index contributed by atoms with van der Waals surface area (Å²) in [7, 11) is 4.20. The van der Waals surface area contributed by atoms with Gasteiger partial charge in [0.1, 0.15) is 0 Å². The van der Waals surface area contributed by atoms with Gasteiger partial charge in [-0.25, -0.2) is 0 Å². The van der Waals surface area contributed by atoms with Crippen molar-refractivity contribution in [3.63, 3.8) is 0 Å². The van der Waals surface area contributed by atoms with Gasteiger partial charge in [0.25, 0.3) is 0 Å². The lowest BCUT2D eigenvalue weighted by Crippen LogP contribution is -2.47. The lowest BCUT2D eigenvalue weighted by atomic mass is 9.68. The average molecular weight is 262 g/mol. The number of hydrogen-bond donors (Lipinski definition) is 1. The molecule has 3 rings (SSSR count). The molecule has 0 atom stereocenters. The molecule has 4 heteroatoms. The molecule has 0 spiro atoms. The van der Waals surface area contributed by atoms with Crippen LogP contribution in [0.25, 0.3) is 0 Å². The van der Waals surface area contributed by atoms with E-state index in [-0.39, 0.29) is 0 Å². The molecule has 1 aliphatic heterocycles. The molecule has 0 amide bonds. The predicted molar refractivity (Wildman–Crippen MR) is 76.0 cm³/mol. The number of rotatable bonds is 5. The molecule has 104 valence electrons. The van der Waals surface area contributed by atoms with Gasteiger partial charge in [0.2, 0.25) is 6.79 Å². The first-order valence-electron chi connectivity index (χ1n) is 6.98. The number of anilines is 1. The molecule has 0 unspecified atom stereocenters. The Labute approximate surface area is 114 Å². The summed E-state index contributed by atoms with van der Waals surface area (Å²) >= 11 is 0. The van der Waals surface area contributed by atoms with Gasteiger partial charge >= 0.3 is 0 Å². The highest BCUT2D eigenvalue weighted by Crippen LogP contribution is 2.42. The zero-order valence-corrected chi connectivity index (χ0v) is 11.7. The summed E-state index contributed by atoms with van der Waals surface area (Å²) in [6.07, 6.45) is 4.00. The van der Waals surface area contributed by atoms with Crippen molar-refractivity contribution in [2.45, 2.75) is 19.3 Å². The third-order valence-electron chi connectivity index (χ3n) is 4.34. The number of hydrogen-bond acceptors (Lipinski definition) is 4. The van der Waals surface area contributed by atoms with Crippen molar-refractivity contribution >= 4 is 5.69 Å². The maximum Gasteiger partial charge on any atom is 0.231 e. The Morgan fingerprint density at radius 3 is 2.74 bits per heavy atom. The first-order chi connectivity index (χ1) is 9.22. The SMILES string of the molecule is CNCC1(CN(C)c2ccc3c(c2)OCO3)CCC1. The van der Waals surface area contributed by atoms with Crippen LogP contribution < -0.4 is 19.7 Å². The van der Waals surface area contributed by atoms with Crippen LogP contribution in [-0.4, -0.2) is 34.0 Å². The standard InChI is InChI=1S/C15H22N2O2/c1-16-9-15(6-3-7-15)10-17(2)12-4-5-13-14(8-12)19-11-18-13/h4-5,8,16H,3,6-7,9-11H2,1-2H3. The fourth-order valence-corrected chi connectivity index (χ4v) is 3.16. The van der Waals surface area contributed by atoms with Crippen LogP contribution in [0, 0.1) is 5.41 Å². The van der Waals surface area contributed by atoms with E-state index < -0.39 is 0 Å². The van der Waals surface area contributed by atoms with E-state index in [1.54, 1.807) is 0 Å². The maximum absolute atomic E-state index is 5.45. The molecule has 0 bridgehead atoms. The minimum Gasteiger partial charge on any atom is -0.454 e. The van der Waals surface area contributed by atoms with Gasteiger partial charge in [-0.3, -0.25) is 0 Å². The van der Waals surface area contributed by atoms with E-state index in [4.69, 9.17) is 9.47 Å². The van der Waals surface area contributed by atoms with Crippen molar-refractivity contribution in [1.29, 1.82) is 0 Å². The Hall–Kier alpha value is -1.42. The predicted octanol–water partition coefficient (Wildman–Crippen LogP) is 2.24. The average Bonchev–Trinajstić information content (AvgIpc) is 2.83. The molecular weight excluding hydrogens is 240 g/mol. The van der Waals surface area contributed by atoms with Crippen molar-refractivity contribution in [1.82, 2.24) is 5.32 Å². The van der Waals surface area contributed by atoms with Crippen LogP contribution >= 0.6 is 0 Å². The number of nitrogens with zero attached hydrogens (tertiary/aromatic N) is 1. The molecule has 2 aliphatic rings. The molecule has 1 aromatic rings. The van der Waals surface area contributed by atoms with Crippen molar-refractivity contribution in [3.8, 4) is 11.5 Å². The molecule has 1 heterocycles. The lowest BCUT2D eigenvalue weighted by Gasteiger charge is -2.45. The van der Waals surface area contributed by atoms with Crippen LogP contribution in [0.2, 0.25) is 0 Å². The van der Waals surface area contributed by atoms with Crippen LogP contribution in [0.4, 0.5) is 5.69 Å². The molecule has 1 aliphatic carbocycles. The molecular formula is C15H22N2O2. The third-order valence-corrected chi connectivity index (χ3v) is 4.34. The van der Waals surface area contributed by atoms with Crippen LogP contribution in [0.3, 0.4) is 0 Å². The van der Waals surface area contributed by atoms with Crippen molar-refractivity contribution in [3.05, 3.63) is 18.2 Å². The van der Waals surface area contributed by atoms with E-state index in [1.807, 2.05) is 13.1 Å². The molecule has 0 aromatic heterocycles. The zero-order chi connectivity index (χ0) is 13.3. The van der Waals surface area contributed by atoms with E-state index in [9.17, 15) is 0 Å². The molecule has 4 nitrogen and oxygen atoms in total. The lowest BCUT2D eigenvalue weighted by molar-refractivity contribution is 0.143. The molecule has 0 radical (unpaired) electrons. The quantitative estimate of drug-likeness (QED) is 0.882. The zero-order valence-electron chi connectivity index (χ0n) is 11.7. The fourth-order valence-electron chi connectivity index (χ4n) is 3.16. The van der Waals surface area contributed by atoms with Crippen molar-refractivity contribution in [2.24, 2.45) is 5.41 Å². The summed E-state index contributed by atoms with van der Waals surface area (Å²) in [5.74, 6) is 1.71. The summed E-state index contributed by atoms with van der Waals surface area (Å²) in [5.41, 5.74) is 1.64. The summed E-state index contributed by atoms with van der Waals surface area (Å²) in [6, 6.07) is 6.19. The second kappa shape index (κ2) is 4.93. The monoisotopic (exact) mass is 262 g/mol. The van der Waals surface area contributed by atoms with Crippen LogP contribution in [0.1, 0.15) is 19.3 Å². The number of benzene rings is 1. The summed E-state index contributed by atoms with van der Waals surface area (Å²) in [6.45, 7) is 2.53. The fraction of sp³-hybridized carbons (Fsp3) is 0.600.